The number of benzene rings is 2. The lowest BCUT2D eigenvalue weighted by Gasteiger charge is -2.44. The average Bonchev–Trinajstić information content (AvgIpc) is 3.60. The van der Waals surface area contributed by atoms with Crippen LogP contribution in [-0.4, -0.2) is 53.7 Å². The highest BCUT2D eigenvalue weighted by Gasteiger charge is 2.60. The number of carbonyl (C=O) groups is 1. The van der Waals surface area contributed by atoms with Crippen molar-refractivity contribution in [3.63, 3.8) is 0 Å². The zero-order chi connectivity index (χ0) is 28.4. The van der Waals surface area contributed by atoms with Crippen LogP contribution in [-0.2, 0) is 15.7 Å². The molecule has 3 atom stereocenters. The van der Waals surface area contributed by atoms with Crippen LogP contribution in [0.5, 0.6) is 0 Å². The van der Waals surface area contributed by atoms with Crippen LogP contribution in [0, 0.1) is 23.0 Å². The van der Waals surface area contributed by atoms with Gasteiger partial charge in [0.05, 0.1) is 17.7 Å². The average molecular weight is 539 g/mol. The topological polar surface area (TPSA) is 88.4 Å². The maximum absolute atomic E-state index is 14.0. The fourth-order valence-electron chi connectivity index (χ4n) is 6.08. The summed E-state index contributed by atoms with van der Waals surface area (Å²) in [5.74, 6) is -2.05. The smallest absolute Gasteiger partial charge is 0.217 e. The number of nitrogens with zero attached hydrogens (tertiary/aromatic N) is 2. The lowest BCUT2D eigenvalue weighted by atomic mass is 9.77. The van der Waals surface area contributed by atoms with Gasteiger partial charge in [0.2, 0.25) is 5.91 Å². The van der Waals surface area contributed by atoms with E-state index < -0.39 is 34.7 Å². The molecule has 210 valence electrons. The first-order valence-corrected chi connectivity index (χ1v) is 13.8. The van der Waals surface area contributed by atoms with Crippen molar-refractivity contribution in [3.8, 4) is 6.07 Å². The fourth-order valence-corrected chi connectivity index (χ4v) is 6.08. The number of nitriles is 1. The summed E-state index contributed by atoms with van der Waals surface area (Å²) in [5, 5.41) is 27.1. The summed E-state index contributed by atoms with van der Waals surface area (Å²) >= 11 is 0. The second kappa shape index (κ2) is 11.3. The standard InChI is InChI=1S/C31H40F2N4O2/c1-21(38)36-31(19-27(31)22-15-25(32)18-26(33)16-22)28(39)20-35-30(9-13-37(14-10-30)12-6-11-34)24-8-5-7-23(17-24)29(2,3)4/h5,7-8,15-18,27-28,35,39H,6,9-10,12-14,19-20H2,1-4H3,(H,36,38)/t27?,28-,31+/m1/s1. The molecule has 1 unspecified atom stereocenters. The molecule has 0 bridgehead atoms. The Hall–Kier alpha value is -2.86. The van der Waals surface area contributed by atoms with E-state index in [1.807, 2.05) is 0 Å². The van der Waals surface area contributed by atoms with Crippen LogP contribution in [0.25, 0.3) is 0 Å². The van der Waals surface area contributed by atoms with Crippen molar-refractivity contribution in [3.05, 3.63) is 70.8 Å². The molecule has 0 spiro atoms. The highest BCUT2D eigenvalue weighted by molar-refractivity contribution is 5.75. The van der Waals surface area contributed by atoms with Crippen molar-refractivity contribution < 1.29 is 18.7 Å². The van der Waals surface area contributed by atoms with Gasteiger partial charge in [0.15, 0.2) is 0 Å². The maximum atomic E-state index is 14.0. The fraction of sp³-hybridized carbons (Fsp3) is 0.548. The van der Waals surface area contributed by atoms with Gasteiger partial charge in [0.25, 0.3) is 0 Å². The van der Waals surface area contributed by atoms with Crippen LogP contribution in [0.2, 0.25) is 0 Å². The molecule has 4 rings (SSSR count). The zero-order valence-electron chi connectivity index (χ0n) is 23.4. The van der Waals surface area contributed by atoms with Gasteiger partial charge in [-0.2, -0.15) is 5.26 Å². The summed E-state index contributed by atoms with van der Waals surface area (Å²) in [4.78, 5) is 14.4. The van der Waals surface area contributed by atoms with E-state index in [9.17, 15) is 18.7 Å². The van der Waals surface area contributed by atoms with Gasteiger partial charge in [0, 0.05) is 57.0 Å². The maximum Gasteiger partial charge on any atom is 0.217 e. The molecule has 2 aromatic carbocycles. The molecule has 1 heterocycles. The summed E-state index contributed by atoms with van der Waals surface area (Å²) in [7, 11) is 0. The molecule has 2 aromatic rings. The predicted octanol–water partition coefficient (Wildman–Crippen LogP) is 4.48. The lowest BCUT2D eigenvalue weighted by molar-refractivity contribution is -0.121. The highest BCUT2D eigenvalue weighted by Crippen LogP contribution is 2.54. The van der Waals surface area contributed by atoms with E-state index >= 15 is 0 Å². The molecule has 2 fully saturated rings. The Kier molecular flexibility index (Phi) is 8.46. The summed E-state index contributed by atoms with van der Waals surface area (Å²) in [6.07, 6.45) is 1.50. The van der Waals surface area contributed by atoms with Crippen LogP contribution >= 0.6 is 0 Å². The van der Waals surface area contributed by atoms with E-state index in [2.05, 4.69) is 66.6 Å². The minimum Gasteiger partial charge on any atom is -0.389 e. The molecule has 3 N–H and O–H groups in total. The first-order valence-electron chi connectivity index (χ1n) is 13.8. The number of piperidine rings is 1. The highest BCUT2D eigenvalue weighted by atomic mass is 19.1. The number of halogens is 2. The molecule has 0 radical (unpaired) electrons. The normalized spacial score (nSPS) is 23.6. The quantitative estimate of drug-likeness (QED) is 0.438. The Morgan fingerprint density at radius 3 is 2.44 bits per heavy atom. The minimum atomic E-state index is -0.999. The molecule has 1 saturated carbocycles. The Morgan fingerprint density at radius 2 is 1.85 bits per heavy atom. The number of likely N-dealkylation sites (tertiary alicyclic amines) is 1. The number of nitrogens with one attached hydrogen (secondary N) is 2. The van der Waals surface area contributed by atoms with E-state index in [-0.39, 0.29) is 17.9 Å². The Labute approximate surface area is 230 Å². The van der Waals surface area contributed by atoms with Crippen LogP contribution in [0.15, 0.2) is 42.5 Å². The van der Waals surface area contributed by atoms with Crippen LogP contribution in [0.3, 0.4) is 0 Å². The first kappa shape index (κ1) is 29.1. The van der Waals surface area contributed by atoms with E-state index in [0.29, 0.717) is 18.4 Å². The van der Waals surface area contributed by atoms with Crippen LogP contribution < -0.4 is 10.6 Å². The molecule has 1 aliphatic heterocycles. The van der Waals surface area contributed by atoms with Gasteiger partial charge >= 0.3 is 0 Å². The third-order valence-electron chi connectivity index (χ3n) is 8.46. The van der Waals surface area contributed by atoms with Gasteiger partial charge < -0.3 is 20.6 Å². The number of amides is 1. The zero-order valence-corrected chi connectivity index (χ0v) is 23.4. The number of aliphatic hydroxyl groups is 1. The molecule has 1 saturated heterocycles. The van der Waals surface area contributed by atoms with Gasteiger partial charge in [-0.3, -0.25) is 4.79 Å². The van der Waals surface area contributed by atoms with Crippen molar-refractivity contribution in [2.75, 3.05) is 26.2 Å². The second-order valence-corrected chi connectivity index (χ2v) is 12.2. The molecule has 0 aromatic heterocycles. The summed E-state index contributed by atoms with van der Waals surface area (Å²) in [6, 6.07) is 14.2. The van der Waals surface area contributed by atoms with Gasteiger partial charge in [-0.1, -0.05) is 45.0 Å². The Bertz CT molecular complexity index is 1210. The molecule has 8 heteroatoms. The first-order chi connectivity index (χ1) is 18.4. The molecule has 1 aliphatic carbocycles. The van der Waals surface area contributed by atoms with E-state index in [1.165, 1.54) is 24.6 Å². The van der Waals surface area contributed by atoms with Crippen LogP contribution in [0.1, 0.15) is 76.0 Å². The van der Waals surface area contributed by atoms with Crippen molar-refractivity contribution >= 4 is 5.91 Å². The monoisotopic (exact) mass is 538 g/mol. The summed E-state index contributed by atoms with van der Waals surface area (Å²) in [6.45, 7) is 10.5. The number of aliphatic hydroxyl groups excluding tert-OH is 1. The van der Waals surface area contributed by atoms with Gasteiger partial charge in [-0.25, -0.2) is 8.78 Å². The second-order valence-electron chi connectivity index (χ2n) is 12.2. The SMILES string of the molecule is CC(=O)N[C@@]1([C@H](O)CNC2(c3cccc(C(C)(C)C)c3)CCN(CCC#N)CC2)CC1c1cc(F)cc(F)c1. The molecule has 6 nitrogen and oxygen atoms in total. The number of rotatable bonds is 9. The molecule has 39 heavy (non-hydrogen) atoms. The van der Waals surface area contributed by atoms with Gasteiger partial charge in [-0.15, -0.1) is 0 Å². The van der Waals surface area contributed by atoms with Crippen molar-refractivity contribution in [2.45, 2.75) is 81.9 Å². The molecular formula is C31H40F2N4O2. The minimum absolute atomic E-state index is 0.0266. The van der Waals surface area contributed by atoms with Gasteiger partial charge in [0.1, 0.15) is 11.6 Å². The Balaban J connectivity index is 1.58. The number of carbonyl (C=O) groups excluding carboxylic acids is 1. The number of hydrogen-bond acceptors (Lipinski definition) is 5. The molecular weight excluding hydrogens is 498 g/mol. The summed E-state index contributed by atoms with van der Waals surface area (Å²) < 4.78 is 27.9. The van der Waals surface area contributed by atoms with E-state index in [1.54, 1.807) is 0 Å². The third-order valence-corrected chi connectivity index (χ3v) is 8.46. The predicted molar refractivity (Wildman–Crippen MR) is 147 cm³/mol. The van der Waals surface area contributed by atoms with E-state index in [0.717, 1.165) is 44.1 Å². The van der Waals surface area contributed by atoms with Crippen molar-refractivity contribution in [2.24, 2.45) is 0 Å². The molecule has 1 amide bonds. The molecule has 2 aliphatic rings. The van der Waals surface area contributed by atoms with Crippen LogP contribution in [0.4, 0.5) is 8.78 Å². The largest absolute Gasteiger partial charge is 0.389 e. The van der Waals surface area contributed by atoms with Gasteiger partial charge in [-0.05, 0) is 53.5 Å². The number of hydrogen-bond donors (Lipinski definition) is 3. The Morgan fingerprint density at radius 1 is 1.18 bits per heavy atom. The van der Waals surface area contributed by atoms with Crippen molar-refractivity contribution in [1.82, 2.24) is 15.5 Å². The summed E-state index contributed by atoms with van der Waals surface area (Å²) in [5.41, 5.74) is 1.37. The van der Waals surface area contributed by atoms with Crippen molar-refractivity contribution in [1.29, 1.82) is 5.26 Å². The van der Waals surface area contributed by atoms with E-state index in [4.69, 9.17) is 5.26 Å². The third kappa shape index (κ3) is 6.49. The lowest BCUT2D eigenvalue weighted by Crippen LogP contribution is -2.56.